The average molecular weight is 383 g/mol. The highest BCUT2D eigenvalue weighted by Crippen LogP contribution is 2.25. The third-order valence-electron chi connectivity index (χ3n) is 4.01. The van der Waals surface area contributed by atoms with Gasteiger partial charge in [0, 0.05) is 18.5 Å². The van der Waals surface area contributed by atoms with Crippen LogP contribution in [0.1, 0.15) is 24.0 Å². The first-order valence-electron chi connectivity index (χ1n) is 8.24. The van der Waals surface area contributed by atoms with Gasteiger partial charge in [-0.15, -0.1) is 11.3 Å². The monoisotopic (exact) mass is 382 g/mol. The van der Waals surface area contributed by atoms with Crippen LogP contribution in [0.4, 0.5) is 0 Å². The number of hydrogen-bond acceptors (Lipinski definition) is 6. The summed E-state index contributed by atoms with van der Waals surface area (Å²) in [5.74, 6) is 0.669. The fraction of sp³-hybridized carbons (Fsp3) is 0.471. The first-order chi connectivity index (χ1) is 12.0. The molecule has 0 bridgehead atoms. The number of benzene rings is 1. The van der Waals surface area contributed by atoms with Crippen LogP contribution in [0.3, 0.4) is 0 Å². The van der Waals surface area contributed by atoms with Crippen LogP contribution in [0.2, 0.25) is 0 Å². The fourth-order valence-corrected chi connectivity index (χ4v) is 4.84. The Morgan fingerprint density at radius 3 is 2.72 bits per heavy atom. The van der Waals surface area contributed by atoms with Crippen molar-refractivity contribution >= 4 is 21.4 Å². The van der Waals surface area contributed by atoms with Gasteiger partial charge >= 0.3 is 0 Å². The lowest BCUT2D eigenvalue weighted by molar-refractivity contribution is 0.0492. The van der Waals surface area contributed by atoms with E-state index in [4.69, 9.17) is 9.47 Å². The van der Waals surface area contributed by atoms with E-state index in [1.165, 1.54) is 4.31 Å². The second-order valence-electron chi connectivity index (χ2n) is 5.85. The van der Waals surface area contributed by atoms with Crippen LogP contribution in [-0.4, -0.2) is 43.5 Å². The maximum atomic E-state index is 12.7. The average Bonchev–Trinajstić information content (AvgIpc) is 3.23. The molecule has 0 radical (unpaired) electrons. The van der Waals surface area contributed by atoms with Crippen molar-refractivity contribution in [2.24, 2.45) is 0 Å². The van der Waals surface area contributed by atoms with Gasteiger partial charge in [0.05, 0.1) is 34.9 Å². The van der Waals surface area contributed by atoms with Gasteiger partial charge in [0.2, 0.25) is 10.0 Å². The summed E-state index contributed by atoms with van der Waals surface area (Å²) in [4.78, 5) is 4.64. The van der Waals surface area contributed by atoms with E-state index in [0.29, 0.717) is 38.5 Å². The molecule has 0 saturated carbocycles. The minimum absolute atomic E-state index is 0.0977. The van der Waals surface area contributed by atoms with Crippen molar-refractivity contribution in [3.05, 3.63) is 40.3 Å². The number of aromatic nitrogens is 1. The summed E-state index contributed by atoms with van der Waals surface area (Å²) < 4.78 is 38.2. The van der Waals surface area contributed by atoms with Crippen LogP contribution in [0.15, 0.2) is 34.5 Å². The molecule has 8 heteroatoms. The molecule has 1 aromatic heterocycles. The van der Waals surface area contributed by atoms with Crippen LogP contribution < -0.4 is 4.74 Å². The summed E-state index contributed by atoms with van der Waals surface area (Å²) in [7, 11) is -3.50. The molecule has 136 valence electrons. The molecule has 2 heterocycles. The Labute approximate surface area is 152 Å². The van der Waals surface area contributed by atoms with Gasteiger partial charge in [-0.3, -0.25) is 0 Å². The Morgan fingerprint density at radius 2 is 2.08 bits per heavy atom. The van der Waals surface area contributed by atoms with Crippen molar-refractivity contribution in [1.29, 1.82) is 0 Å². The SMILES string of the molecule is CCOc1ccc(S(=O)(=O)N2CCC(OCc3csc(C)n3)C2)cc1. The first-order valence-corrected chi connectivity index (χ1v) is 10.6. The normalized spacial score (nSPS) is 18.6. The van der Waals surface area contributed by atoms with Gasteiger partial charge in [-0.2, -0.15) is 4.31 Å². The molecular weight excluding hydrogens is 360 g/mol. The van der Waals surface area contributed by atoms with E-state index >= 15 is 0 Å². The Hall–Kier alpha value is -1.48. The number of hydrogen-bond donors (Lipinski definition) is 0. The standard InChI is InChI=1S/C17H22N2O4S2/c1-3-22-15-4-6-17(7-5-15)25(20,21)19-9-8-16(10-19)23-11-14-12-24-13(2)18-14/h4-7,12,16H,3,8-11H2,1-2H3. The molecule has 1 fully saturated rings. The van der Waals surface area contributed by atoms with Crippen LogP contribution in [-0.2, 0) is 21.4 Å². The van der Waals surface area contributed by atoms with Gasteiger partial charge in [0.25, 0.3) is 0 Å². The number of thiazole rings is 1. The molecule has 0 aliphatic carbocycles. The van der Waals surface area contributed by atoms with E-state index in [1.54, 1.807) is 35.6 Å². The zero-order valence-electron chi connectivity index (χ0n) is 14.3. The zero-order valence-corrected chi connectivity index (χ0v) is 16.0. The van der Waals surface area contributed by atoms with Gasteiger partial charge in [-0.1, -0.05) is 0 Å². The number of nitrogens with zero attached hydrogens (tertiary/aromatic N) is 2. The molecule has 0 N–H and O–H groups in total. The van der Waals surface area contributed by atoms with Crippen LogP contribution in [0, 0.1) is 6.92 Å². The smallest absolute Gasteiger partial charge is 0.243 e. The van der Waals surface area contributed by atoms with Gasteiger partial charge in [-0.25, -0.2) is 13.4 Å². The molecular formula is C17H22N2O4S2. The second-order valence-corrected chi connectivity index (χ2v) is 8.85. The topological polar surface area (TPSA) is 68.7 Å². The molecule has 1 saturated heterocycles. The molecule has 1 unspecified atom stereocenters. The molecule has 2 aromatic rings. The minimum Gasteiger partial charge on any atom is -0.494 e. The van der Waals surface area contributed by atoms with Gasteiger partial charge in [0.1, 0.15) is 5.75 Å². The summed E-state index contributed by atoms with van der Waals surface area (Å²) in [6, 6.07) is 6.55. The van der Waals surface area contributed by atoms with E-state index in [1.807, 2.05) is 19.2 Å². The highest BCUT2D eigenvalue weighted by atomic mass is 32.2. The lowest BCUT2D eigenvalue weighted by Gasteiger charge is -2.17. The number of rotatable bonds is 7. The van der Waals surface area contributed by atoms with Crippen molar-refractivity contribution in [2.75, 3.05) is 19.7 Å². The van der Waals surface area contributed by atoms with Crippen molar-refractivity contribution in [2.45, 2.75) is 37.9 Å². The third kappa shape index (κ3) is 4.38. The molecule has 0 amide bonds. The molecule has 1 aliphatic rings. The third-order valence-corrected chi connectivity index (χ3v) is 6.72. The van der Waals surface area contributed by atoms with E-state index in [-0.39, 0.29) is 11.0 Å². The Kier molecular flexibility index (Phi) is 5.73. The summed E-state index contributed by atoms with van der Waals surface area (Å²) in [5, 5.41) is 2.98. The molecule has 0 spiro atoms. The van der Waals surface area contributed by atoms with Crippen LogP contribution in [0.25, 0.3) is 0 Å². The maximum absolute atomic E-state index is 12.7. The highest BCUT2D eigenvalue weighted by molar-refractivity contribution is 7.89. The quantitative estimate of drug-likeness (QED) is 0.736. The van der Waals surface area contributed by atoms with E-state index < -0.39 is 10.0 Å². The fourth-order valence-electron chi connectivity index (χ4n) is 2.75. The minimum atomic E-state index is -3.50. The Balaban J connectivity index is 1.59. The van der Waals surface area contributed by atoms with E-state index in [9.17, 15) is 8.42 Å². The molecule has 1 aliphatic heterocycles. The predicted molar refractivity (Wildman–Crippen MR) is 96.4 cm³/mol. The van der Waals surface area contributed by atoms with Crippen molar-refractivity contribution in [3.63, 3.8) is 0 Å². The van der Waals surface area contributed by atoms with E-state index in [0.717, 1.165) is 10.7 Å². The number of aryl methyl sites for hydroxylation is 1. The second kappa shape index (κ2) is 7.82. The predicted octanol–water partition coefficient (Wildman–Crippen LogP) is 2.83. The lowest BCUT2D eigenvalue weighted by atomic mass is 10.3. The van der Waals surface area contributed by atoms with Gasteiger partial charge in [-0.05, 0) is 44.5 Å². The van der Waals surface area contributed by atoms with Gasteiger partial charge in [0.15, 0.2) is 0 Å². The summed E-state index contributed by atoms with van der Waals surface area (Å²) in [6.07, 6.45) is 0.596. The molecule has 25 heavy (non-hydrogen) atoms. The van der Waals surface area contributed by atoms with Crippen molar-refractivity contribution < 1.29 is 17.9 Å². The summed E-state index contributed by atoms with van der Waals surface area (Å²) in [6.45, 7) is 5.66. The molecule has 6 nitrogen and oxygen atoms in total. The maximum Gasteiger partial charge on any atom is 0.243 e. The van der Waals surface area contributed by atoms with Gasteiger partial charge < -0.3 is 9.47 Å². The molecule has 3 rings (SSSR count). The van der Waals surface area contributed by atoms with Crippen molar-refractivity contribution in [3.8, 4) is 5.75 Å². The largest absolute Gasteiger partial charge is 0.494 e. The molecule has 1 aromatic carbocycles. The van der Waals surface area contributed by atoms with Crippen LogP contribution >= 0.6 is 11.3 Å². The Morgan fingerprint density at radius 1 is 1.32 bits per heavy atom. The first kappa shape index (κ1) is 18.3. The highest BCUT2D eigenvalue weighted by Gasteiger charge is 2.33. The number of ether oxygens (including phenoxy) is 2. The lowest BCUT2D eigenvalue weighted by Crippen LogP contribution is -2.30. The van der Waals surface area contributed by atoms with E-state index in [2.05, 4.69) is 4.98 Å². The van der Waals surface area contributed by atoms with Crippen molar-refractivity contribution in [1.82, 2.24) is 9.29 Å². The summed E-state index contributed by atoms with van der Waals surface area (Å²) >= 11 is 1.59. The Bertz CT molecular complexity index is 802. The number of sulfonamides is 1. The molecule has 1 atom stereocenters. The zero-order chi connectivity index (χ0) is 17.9. The summed E-state index contributed by atoms with van der Waals surface area (Å²) in [5.41, 5.74) is 0.898. The van der Waals surface area contributed by atoms with Crippen LogP contribution in [0.5, 0.6) is 5.75 Å².